The van der Waals surface area contributed by atoms with Crippen molar-refractivity contribution in [1.29, 1.82) is 0 Å². The van der Waals surface area contributed by atoms with Crippen LogP contribution >= 0.6 is 0 Å². The summed E-state index contributed by atoms with van der Waals surface area (Å²) in [4.78, 5) is 4.04. The van der Waals surface area contributed by atoms with Crippen molar-refractivity contribution in [3.8, 4) is 11.1 Å². The van der Waals surface area contributed by atoms with Gasteiger partial charge in [-0.25, -0.2) is 0 Å². The molecule has 0 aliphatic carbocycles. The topological polar surface area (TPSA) is 16.8 Å². The number of hydrogen-bond donors (Lipinski definition) is 0. The molecule has 2 aromatic heterocycles. The molecule has 2 heterocycles. The maximum atomic E-state index is 4.18. The Kier molecular flexibility index (Phi) is 5.45. The minimum absolute atomic E-state index is 0. The van der Waals surface area contributed by atoms with Crippen LogP contribution in [0.5, 0.6) is 0 Å². The molecule has 0 N–H and O–H groups in total. The first-order valence-corrected chi connectivity index (χ1v) is 6.97. The Labute approximate surface area is 137 Å². The molecule has 3 rings (SSSR count). The van der Waals surface area contributed by atoms with Gasteiger partial charge in [-0.05, 0) is 35.4 Å². The van der Waals surface area contributed by atoms with Gasteiger partial charge in [-0.15, -0.1) is 0 Å². The van der Waals surface area contributed by atoms with Crippen LogP contribution in [-0.2, 0) is 6.42 Å². The van der Waals surface area contributed by atoms with E-state index < -0.39 is 0 Å². The number of benzene rings is 1. The van der Waals surface area contributed by atoms with Gasteiger partial charge in [0.1, 0.15) is 0 Å². The maximum absolute atomic E-state index is 4.18. The zero-order valence-electron chi connectivity index (χ0n) is 12.2. The number of rotatable bonds is 4. The standard InChI is InChI=1S/C19H17N2.ClH/c1-16(15-17-5-3-2-4-6-17)21-13-9-19(10-14-21)18-7-11-20-12-8-18;/h2-14H,1,15H2;1H/q+1;/p-1. The Bertz CT molecular complexity index is 722. The van der Waals surface area contributed by atoms with Crippen LogP contribution in [-0.4, -0.2) is 4.98 Å². The maximum Gasteiger partial charge on any atom is 0.184 e. The fourth-order valence-corrected chi connectivity index (χ4v) is 2.30. The summed E-state index contributed by atoms with van der Waals surface area (Å²) in [6.07, 6.45) is 8.58. The Balaban J connectivity index is 0.00000176. The highest BCUT2D eigenvalue weighted by atomic mass is 35.5. The molecule has 0 aliphatic heterocycles. The van der Waals surface area contributed by atoms with Crippen molar-refractivity contribution in [3.63, 3.8) is 0 Å². The highest BCUT2D eigenvalue weighted by Crippen LogP contribution is 2.16. The van der Waals surface area contributed by atoms with E-state index in [0.29, 0.717) is 0 Å². The molecule has 0 fully saturated rings. The Morgan fingerprint density at radius 2 is 1.45 bits per heavy atom. The molecule has 3 aromatic rings. The van der Waals surface area contributed by atoms with Gasteiger partial charge < -0.3 is 12.4 Å². The number of aromatic nitrogens is 2. The van der Waals surface area contributed by atoms with E-state index in [1.807, 2.05) is 30.6 Å². The SMILES string of the molecule is C=C(Cc1ccccc1)[n+]1ccc(-c2ccncc2)cc1.[Cl-]. The zero-order chi connectivity index (χ0) is 14.5. The second kappa shape index (κ2) is 7.53. The summed E-state index contributed by atoms with van der Waals surface area (Å²) in [5, 5.41) is 0. The minimum atomic E-state index is 0. The van der Waals surface area contributed by atoms with Crippen LogP contribution in [0.4, 0.5) is 0 Å². The molecule has 0 bridgehead atoms. The van der Waals surface area contributed by atoms with Gasteiger partial charge >= 0.3 is 0 Å². The summed E-state index contributed by atoms with van der Waals surface area (Å²) in [5.74, 6) is 0. The number of pyridine rings is 2. The molecule has 0 unspecified atom stereocenters. The number of nitrogens with zero attached hydrogens (tertiary/aromatic N) is 2. The number of allylic oxidation sites excluding steroid dienone is 1. The van der Waals surface area contributed by atoms with Crippen LogP contribution in [0.2, 0.25) is 0 Å². The van der Waals surface area contributed by atoms with Crippen LogP contribution in [0.15, 0.2) is 86.0 Å². The van der Waals surface area contributed by atoms with Gasteiger partial charge in [0, 0.05) is 24.5 Å². The lowest BCUT2D eigenvalue weighted by atomic mass is 10.1. The van der Waals surface area contributed by atoms with E-state index in [2.05, 4.69) is 64.9 Å². The average molecular weight is 309 g/mol. The minimum Gasteiger partial charge on any atom is -1.00 e. The van der Waals surface area contributed by atoms with Crippen molar-refractivity contribution in [1.82, 2.24) is 4.98 Å². The molecule has 0 saturated heterocycles. The summed E-state index contributed by atoms with van der Waals surface area (Å²) in [6.45, 7) is 4.18. The lowest BCUT2D eigenvalue weighted by molar-refractivity contribution is -0.582. The highest BCUT2D eigenvalue weighted by Gasteiger charge is 2.08. The summed E-state index contributed by atoms with van der Waals surface area (Å²) in [6, 6.07) is 18.6. The third-order valence-electron chi connectivity index (χ3n) is 3.46. The van der Waals surface area contributed by atoms with Crippen molar-refractivity contribution in [3.05, 3.63) is 91.5 Å². The van der Waals surface area contributed by atoms with Gasteiger partial charge in [-0.2, -0.15) is 4.57 Å². The monoisotopic (exact) mass is 308 g/mol. The Morgan fingerprint density at radius 3 is 2.09 bits per heavy atom. The van der Waals surface area contributed by atoms with Crippen molar-refractivity contribution in [2.75, 3.05) is 0 Å². The first kappa shape index (κ1) is 15.9. The van der Waals surface area contributed by atoms with Crippen molar-refractivity contribution < 1.29 is 17.0 Å². The van der Waals surface area contributed by atoms with E-state index in [1.165, 1.54) is 16.7 Å². The zero-order valence-corrected chi connectivity index (χ0v) is 12.9. The molecule has 0 atom stereocenters. The molecule has 0 amide bonds. The molecular weight excluding hydrogens is 292 g/mol. The molecule has 0 aliphatic rings. The number of hydrogen-bond acceptors (Lipinski definition) is 1. The molecule has 2 nitrogen and oxygen atoms in total. The van der Waals surface area contributed by atoms with Crippen molar-refractivity contribution >= 4 is 5.70 Å². The number of halogens is 1. The fourth-order valence-electron chi connectivity index (χ4n) is 2.30. The van der Waals surface area contributed by atoms with Crippen LogP contribution in [0.1, 0.15) is 5.56 Å². The predicted octanol–water partition coefficient (Wildman–Crippen LogP) is 0.753. The molecule has 0 radical (unpaired) electrons. The summed E-state index contributed by atoms with van der Waals surface area (Å²) in [5.41, 5.74) is 4.68. The molecule has 0 saturated carbocycles. The summed E-state index contributed by atoms with van der Waals surface area (Å²) < 4.78 is 2.07. The van der Waals surface area contributed by atoms with Crippen molar-refractivity contribution in [2.24, 2.45) is 0 Å². The van der Waals surface area contributed by atoms with E-state index in [-0.39, 0.29) is 12.4 Å². The molecule has 22 heavy (non-hydrogen) atoms. The van der Waals surface area contributed by atoms with Crippen LogP contribution in [0, 0.1) is 0 Å². The lowest BCUT2D eigenvalue weighted by Gasteiger charge is -2.03. The van der Waals surface area contributed by atoms with Gasteiger partial charge in [0.2, 0.25) is 0 Å². The second-order valence-electron chi connectivity index (χ2n) is 4.96. The van der Waals surface area contributed by atoms with Gasteiger partial charge in [-0.1, -0.05) is 30.3 Å². The first-order chi connectivity index (χ1) is 10.3. The van der Waals surface area contributed by atoms with E-state index in [1.54, 1.807) is 0 Å². The first-order valence-electron chi connectivity index (χ1n) is 6.97. The van der Waals surface area contributed by atoms with Crippen LogP contribution in [0.25, 0.3) is 16.8 Å². The third-order valence-corrected chi connectivity index (χ3v) is 3.46. The Hall–Kier alpha value is -2.45. The second-order valence-corrected chi connectivity index (χ2v) is 4.96. The molecule has 0 spiro atoms. The highest BCUT2D eigenvalue weighted by molar-refractivity contribution is 5.61. The van der Waals surface area contributed by atoms with Crippen LogP contribution in [0.3, 0.4) is 0 Å². The van der Waals surface area contributed by atoms with Gasteiger partial charge in [-0.3, -0.25) is 4.98 Å². The average Bonchev–Trinajstić information content (AvgIpc) is 2.57. The predicted molar refractivity (Wildman–Crippen MR) is 85.3 cm³/mol. The summed E-state index contributed by atoms with van der Waals surface area (Å²) >= 11 is 0. The van der Waals surface area contributed by atoms with Crippen molar-refractivity contribution in [2.45, 2.75) is 6.42 Å². The Morgan fingerprint density at radius 1 is 0.864 bits per heavy atom. The lowest BCUT2D eigenvalue weighted by Crippen LogP contribution is -3.00. The molecular formula is C19H17ClN2. The largest absolute Gasteiger partial charge is 1.00 e. The van der Waals surface area contributed by atoms with Gasteiger partial charge in [0.25, 0.3) is 0 Å². The normalized spacial score (nSPS) is 9.82. The summed E-state index contributed by atoms with van der Waals surface area (Å²) in [7, 11) is 0. The van der Waals surface area contributed by atoms with E-state index in [9.17, 15) is 0 Å². The quantitative estimate of drug-likeness (QED) is 0.650. The molecule has 110 valence electrons. The smallest absolute Gasteiger partial charge is 0.184 e. The van der Waals surface area contributed by atoms with E-state index in [4.69, 9.17) is 0 Å². The van der Waals surface area contributed by atoms with Gasteiger partial charge in [0.05, 0.1) is 6.42 Å². The van der Waals surface area contributed by atoms with Crippen LogP contribution < -0.4 is 17.0 Å². The molecule has 3 heteroatoms. The van der Waals surface area contributed by atoms with E-state index >= 15 is 0 Å². The molecule has 1 aromatic carbocycles. The fraction of sp³-hybridized carbons (Fsp3) is 0.0526. The third kappa shape index (κ3) is 3.80. The van der Waals surface area contributed by atoms with Gasteiger partial charge in [0.15, 0.2) is 18.1 Å². The van der Waals surface area contributed by atoms with E-state index in [0.717, 1.165) is 12.1 Å².